The van der Waals surface area contributed by atoms with Gasteiger partial charge in [0.15, 0.2) is 5.96 Å². The van der Waals surface area contributed by atoms with Crippen molar-refractivity contribution < 1.29 is 14.6 Å². The number of aliphatic hydroxyl groups is 1. The first-order chi connectivity index (χ1) is 12.1. The molecule has 0 spiro atoms. The zero-order valence-electron chi connectivity index (χ0n) is 15.7. The third-order valence-corrected chi connectivity index (χ3v) is 5.29. The maximum absolute atomic E-state index is 10.4. The molecule has 1 aliphatic rings. The van der Waals surface area contributed by atoms with Gasteiger partial charge in [0.05, 0.1) is 25.8 Å². The Morgan fingerprint density at radius 3 is 2.62 bits per heavy atom. The summed E-state index contributed by atoms with van der Waals surface area (Å²) in [5.41, 5.74) is -0.661. The van der Waals surface area contributed by atoms with Crippen LogP contribution in [0.1, 0.15) is 13.3 Å². The molecular weight excluding hydrogens is 465 g/mol. The molecule has 1 aromatic carbocycles. The zero-order valence-corrected chi connectivity index (χ0v) is 18.9. The number of nitrogens with one attached hydrogen (secondary N) is 1. The van der Waals surface area contributed by atoms with Crippen LogP contribution in [0.25, 0.3) is 0 Å². The fourth-order valence-corrected chi connectivity index (χ4v) is 3.78. The van der Waals surface area contributed by atoms with Crippen LogP contribution < -0.4 is 14.8 Å². The van der Waals surface area contributed by atoms with E-state index in [1.165, 1.54) is 0 Å². The Kier molecular flexibility index (Phi) is 10.5. The van der Waals surface area contributed by atoms with Crippen molar-refractivity contribution in [1.29, 1.82) is 0 Å². The molecule has 1 atom stereocenters. The van der Waals surface area contributed by atoms with Crippen molar-refractivity contribution in [3.05, 3.63) is 24.3 Å². The van der Waals surface area contributed by atoms with Crippen LogP contribution in [0.3, 0.4) is 0 Å². The van der Waals surface area contributed by atoms with Crippen molar-refractivity contribution in [3.8, 4) is 11.5 Å². The highest BCUT2D eigenvalue weighted by molar-refractivity contribution is 14.0. The molecule has 0 aromatic heterocycles. The number of hydrogen-bond donors (Lipinski definition) is 2. The van der Waals surface area contributed by atoms with Crippen molar-refractivity contribution in [3.63, 3.8) is 0 Å². The number of methoxy groups -OCH3 is 1. The van der Waals surface area contributed by atoms with Gasteiger partial charge >= 0.3 is 0 Å². The van der Waals surface area contributed by atoms with Gasteiger partial charge in [0.25, 0.3) is 0 Å². The second kappa shape index (κ2) is 11.8. The zero-order chi connectivity index (χ0) is 18.1. The van der Waals surface area contributed by atoms with Gasteiger partial charge in [-0.25, -0.2) is 0 Å². The molecule has 148 valence electrons. The Morgan fingerprint density at radius 1 is 1.35 bits per heavy atom. The first kappa shape index (κ1) is 23.2. The van der Waals surface area contributed by atoms with Crippen LogP contribution in [0.4, 0.5) is 0 Å². The largest absolute Gasteiger partial charge is 0.497 e. The molecule has 0 aliphatic carbocycles. The summed E-state index contributed by atoms with van der Waals surface area (Å²) in [6.07, 6.45) is 0.810. The molecule has 2 rings (SSSR count). The van der Waals surface area contributed by atoms with Gasteiger partial charge in [0.2, 0.25) is 0 Å². The van der Waals surface area contributed by atoms with Crippen LogP contribution >= 0.6 is 35.7 Å². The molecule has 0 amide bonds. The molecule has 1 aliphatic heterocycles. The minimum atomic E-state index is -0.661. The van der Waals surface area contributed by atoms with Gasteiger partial charge in [-0.1, -0.05) is 0 Å². The highest BCUT2D eigenvalue weighted by Gasteiger charge is 2.31. The Bertz CT molecular complexity index is 551. The summed E-state index contributed by atoms with van der Waals surface area (Å²) in [5, 5.41) is 13.7. The first-order valence-corrected chi connectivity index (χ1v) is 9.78. The Morgan fingerprint density at radius 2 is 2.04 bits per heavy atom. The lowest BCUT2D eigenvalue weighted by Gasteiger charge is -2.24. The maximum Gasteiger partial charge on any atom is 0.193 e. The van der Waals surface area contributed by atoms with Gasteiger partial charge in [0, 0.05) is 19.3 Å². The average molecular weight is 495 g/mol. The molecule has 0 radical (unpaired) electrons. The maximum atomic E-state index is 10.4. The summed E-state index contributed by atoms with van der Waals surface area (Å²) in [6.45, 7) is 4.51. The van der Waals surface area contributed by atoms with E-state index in [-0.39, 0.29) is 24.0 Å². The first-order valence-electron chi connectivity index (χ1n) is 8.63. The second-order valence-electron chi connectivity index (χ2n) is 6.14. The molecule has 26 heavy (non-hydrogen) atoms. The number of ether oxygens (including phenoxy) is 2. The molecule has 2 N–H and O–H groups in total. The predicted octanol–water partition coefficient (Wildman–Crippen LogP) is 2.46. The quantitative estimate of drug-likeness (QED) is 0.328. The molecule has 0 bridgehead atoms. The molecule has 8 heteroatoms. The van der Waals surface area contributed by atoms with E-state index in [9.17, 15) is 5.11 Å². The standard InChI is InChI=1S/C18H29N3O3S.HI/c1-4-19-17(20-13-18(22)9-12-25-14-18)21(2)10-11-24-16-7-5-15(23-3)6-8-16;/h5-8,22H,4,9-14H2,1-3H3,(H,19,20);1H. The van der Waals surface area contributed by atoms with Crippen molar-refractivity contribution in [2.24, 2.45) is 4.99 Å². The molecule has 1 unspecified atom stereocenters. The van der Waals surface area contributed by atoms with Crippen molar-refractivity contribution in [2.75, 3.05) is 51.9 Å². The fourth-order valence-electron chi connectivity index (χ4n) is 2.49. The van der Waals surface area contributed by atoms with E-state index in [0.717, 1.165) is 41.9 Å². The molecule has 1 saturated heterocycles. The minimum Gasteiger partial charge on any atom is -0.497 e. The van der Waals surface area contributed by atoms with Gasteiger partial charge in [-0.2, -0.15) is 11.8 Å². The summed E-state index contributed by atoms with van der Waals surface area (Å²) >= 11 is 1.79. The number of thioether (sulfide) groups is 1. The molecule has 1 fully saturated rings. The molecule has 6 nitrogen and oxygen atoms in total. The number of aliphatic imine (C=N–C) groups is 1. The normalized spacial score (nSPS) is 19.6. The van der Waals surface area contributed by atoms with Crippen molar-refractivity contribution in [1.82, 2.24) is 10.2 Å². The Hall–Kier alpha value is -0.870. The number of likely N-dealkylation sites (N-methyl/N-ethyl adjacent to an activating group) is 1. The third kappa shape index (κ3) is 7.40. The van der Waals surface area contributed by atoms with E-state index in [2.05, 4.69) is 10.3 Å². The van der Waals surface area contributed by atoms with Crippen LogP contribution in [-0.2, 0) is 0 Å². The summed E-state index contributed by atoms with van der Waals surface area (Å²) in [6, 6.07) is 7.55. The van der Waals surface area contributed by atoms with E-state index >= 15 is 0 Å². The van der Waals surface area contributed by atoms with Crippen LogP contribution in [0, 0.1) is 0 Å². The van der Waals surface area contributed by atoms with Crippen LogP contribution in [0.5, 0.6) is 11.5 Å². The Balaban J connectivity index is 0.00000338. The highest BCUT2D eigenvalue weighted by atomic mass is 127. The van der Waals surface area contributed by atoms with E-state index in [0.29, 0.717) is 19.7 Å². The van der Waals surface area contributed by atoms with Gasteiger partial charge in [-0.15, -0.1) is 24.0 Å². The van der Waals surface area contributed by atoms with Crippen molar-refractivity contribution >= 4 is 41.7 Å². The number of hydrogen-bond acceptors (Lipinski definition) is 5. The van der Waals surface area contributed by atoms with Crippen molar-refractivity contribution in [2.45, 2.75) is 18.9 Å². The lowest BCUT2D eigenvalue weighted by molar-refractivity contribution is 0.0776. The average Bonchev–Trinajstić information content (AvgIpc) is 3.06. The van der Waals surface area contributed by atoms with Crippen LogP contribution in [0.15, 0.2) is 29.3 Å². The number of nitrogens with zero attached hydrogens (tertiary/aromatic N) is 2. The van der Waals surface area contributed by atoms with E-state index in [1.54, 1.807) is 18.9 Å². The molecule has 0 saturated carbocycles. The molecule has 1 aromatic rings. The van der Waals surface area contributed by atoms with Gasteiger partial charge in [-0.3, -0.25) is 4.99 Å². The van der Waals surface area contributed by atoms with E-state index in [1.807, 2.05) is 43.1 Å². The number of guanidine groups is 1. The van der Waals surface area contributed by atoms with Crippen LogP contribution in [0.2, 0.25) is 0 Å². The molecule has 1 heterocycles. The number of benzene rings is 1. The Labute approximate surface area is 177 Å². The van der Waals surface area contributed by atoms with Gasteiger partial charge in [0.1, 0.15) is 18.1 Å². The monoisotopic (exact) mass is 495 g/mol. The number of rotatable bonds is 8. The predicted molar refractivity (Wildman–Crippen MR) is 119 cm³/mol. The smallest absolute Gasteiger partial charge is 0.193 e. The fraction of sp³-hybridized carbons (Fsp3) is 0.611. The summed E-state index contributed by atoms with van der Waals surface area (Å²) in [7, 11) is 3.62. The number of halogens is 1. The van der Waals surface area contributed by atoms with Crippen LogP contribution in [-0.4, -0.2) is 73.5 Å². The summed E-state index contributed by atoms with van der Waals surface area (Å²) in [5.74, 6) is 4.20. The molecular formula is C18H30IN3O3S. The summed E-state index contributed by atoms with van der Waals surface area (Å²) in [4.78, 5) is 6.64. The van der Waals surface area contributed by atoms with E-state index < -0.39 is 5.60 Å². The lowest BCUT2D eigenvalue weighted by atomic mass is 10.1. The summed E-state index contributed by atoms with van der Waals surface area (Å²) < 4.78 is 10.9. The van der Waals surface area contributed by atoms with E-state index in [4.69, 9.17) is 9.47 Å². The highest BCUT2D eigenvalue weighted by Crippen LogP contribution is 2.27. The lowest BCUT2D eigenvalue weighted by Crippen LogP contribution is -2.42. The SMILES string of the molecule is CCNC(=NCC1(O)CCSC1)N(C)CCOc1ccc(OC)cc1.I. The minimum absolute atomic E-state index is 0. The van der Waals surface area contributed by atoms with Gasteiger partial charge in [-0.05, 0) is 43.4 Å². The second-order valence-corrected chi connectivity index (χ2v) is 7.25. The topological polar surface area (TPSA) is 66.3 Å². The van der Waals surface area contributed by atoms with Gasteiger partial charge < -0.3 is 24.8 Å². The third-order valence-electron chi connectivity index (χ3n) is 4.06.